The van der Waals surface area contributed by atoms with Crippen LogP contribution < -0.4 is 51.4 Å². The summed E-state index contributed by atoms with van der Waals surface area (Å²) in [6.07, 6.45) is 14.6. The van der Waals surface area contributed by atoms with Gasteiger partial charge in [0.15, 0.2) is 0 Å². The maximum atomic E-state index is 11.4. The van der Waals surface area contributed by atoms with Crippen molar-refractivity contribution in [1.29, 1.82) is 0 Å². The van der Waals surface area contributed by atoms with Gasteiger partial charge in [0.2, 0.25) is 0 Å². The minimum Gasteiger partial charge on any atom is -0.748 e. The van der Waals surface area contributed by atoms with E-state index >= 15 is 0 Å². The first kappa shape index (κ1) is 28.7. The number of aliphatic hydroxyl groups excluding tert-OH is 1. The zero-order valence-electron chi connectivity index (χ0n) is 16.8. The second-order valence-corrected chi connectivity index (χ2v) is 8.87. The average Bonchev–Trinajstić information content (AvgIpc) is 2.49. The van der Waals surface area contributed by atoms with Crippen molar-refractivity contribution in [2.45, 2.75) is 122 Å². The minimum atomic E-state index is -4.17. The Kier molecular flexibility index (Phi) is 21.7. The Hall–Kier alpha value is 1.51. The molecule has 0 rings (SSSR count). The van der Waals surface area contributed by atoms with Crippen LogP contribution in [-0.2, 0) is 10.1 Å². The number of rotatable bonds is 17. The van der Waals surface area contributed by atoms with E-state index < -0.39 is 15.4 Å². The first-order valence-electron chi connectivity index (χ1n) is 10.0. The maximum Gasteiger partial charge on any atom is 1.00 e. The summed E-state index contributed by atoms with van der Waals surface area (Å²) in [6.45, 7) is 3.99. The molecule has 146 valence electrons. The van der Waals surface area contributed by atoms with E-state index in [9.17, 15) is 18.1 Å². The molecule has 2 unspecified atom stereocenters. The molecule has 0 spiro atoms. The molecular weight excluding hydrogens is 363 g/mol. The summed E-state index contributed by atoms with van der Waals surface area (Å²) in [4.78, 5) is 0. The molecule has 0 aromatic carbocycles. The van der Waals surface area contributed by atoms with Crippen LogP contribution in [0.25, 0.3) is 0 Å². The summed E-state index contributed by atoms with van der Waals surface area (Å²) in [5.74, 6) is 0. The summed E-state index contributed by atoms with van der Waals surface area (Å²) in [6, 6.07) is 0. The van der Waals surface area contributed by atoms with Crippen LogP contribution in [0.5, 0.6) is 0 Å². The van der Waals surface area contributed by atoms with Crippen LogP contribution in [0.4, 0.5) is 0 Å². The van der Waals surface area contributed by atoms with Gasteiger partial charge in [-0.25, -0.2) is 8.42 Å². The molecule has 0 saturated heterocycles. The number of unbranched alkanes of at least 4 members (excludes halogenated alkanes) is 10. The molecule has 2 atom stereocenters. The molecule has 6 heteroatoms. The third-order valence-corrected chi connectivity index (χ3v) is 5.97. The topological polar surface area (TPSA) is 77.4 Å². The summed E-state index contributed by atoms with van der Waals surface area (Å²) < 4.78 is 34.2. The molecule has 0 heterocycles. The summed E-state index contributed by atoms with van der Waals surface area (Å²) >= 11 is 0. The van der Waals surface area contributed by atoms with Crippen LogP contribution in [0.15, 0.2) is 0 Å². The van der Waals surface area contributed by atoms with Gasteiger partial charge in [0.05, 0.1) is 16.2 Å². The van der Waals surface area contributed by atoms with Crippen molar-refractivity contribution >= 4 is 10.1 Å². The maximum absolute atomic E-state index is 11.4. The van der Waals surface area contributed by atoms with Crippen molar-refractivity contribution in [2.24, 2.45) is 0 Å². The first-order chi connectivity index (χ1) is 11.4. The van der Waals surface area contributed by atoms with Crippen LogP contribution in [0, 0.1) is 0 Å². The third-order valence-electron chi connectivity index (χ3n) is 4.69. The molecule has 0 amide bonds. The second-order valence-electron chi connectivity index (χ2n) is 7.22. The molecule has 0 saturated carbocycles. The molecule has 0 aliphatic rings. The standard InChI is InChI=1S/C19H40O4S.K/c1-3-4-5-6-7-8-9-13-16-19(24(21,22)23)17-14-11-10-12-15-18(2)20;/h18-20H,3-17H2,1-2H3,(H,21,22,23);/q;+1/p-1. The SMILES string of the molecule is CCCCCCCCCCC(CCCCCCC(C)O)S(=O)(=O)[O-].[K+]. The van der Waals surface area contributed by atoms with Crippen molar-refractivity contribution in [2.75, 3.05) is 0 Å². The van der Waals surface area contributed by atoms with Crippen molar-refractivity contribution < 1.29 is 69.5 Å². The van der Waals surface area contributed by atoms with Crippen LogP contribution in [0.2, 0.25) is 0 Å². The Labute approximate surface area is 199 Å². The van der Waals surface area contributed by atoms with Crippen LogP contribution in [0.3, 0.4) is 0 Å². The van der Waals surface area contributed by atoms with Crippen molar-refractivity contribution in [3.05, 3.63) is 0 Å². The van der Waals surface area contributed by atoms with E-state index in [-0.39, 0.29) is 57.5 Å². The quantitative estimate of drug-likeness (QED) is 0.230. The van der Waals surface area contributed by atoms with Gasteiger partial charge in [-0.2, -0.15) is 0 Å². The summed E-state index contributed by atoms with van der Waals surface area (Å²) in [7, 11) is -4.17. The Morgan fingerprint density at radius 1 is 0.760 bits per heavy atom. The smallest absolute Gasteiger partial charge is 0.748 e. The van der Waals surface area contributed by atoms with E-state index in [4.69, 9.17) is 0 Å². The molecular formula is C19H39KO4S. The zero-order chi connectivity index (χ0) is 18.3. The minimum absolute atomic E-state index is 0. The predicted octanol–water partition coefficient (Wildman–Crippen LogP) is 2.16. The average molecular weight is 403 g/mol. The van der Waals surface area contributed by atoms with Crippen LogP contribution >= 0.6 is 0 Å². The molecule has 1 N–H and O–H groups in total. The Balaban J connectivity index is 0. The molecule has 0 aliphatic heterocycles. The van der Waals surface area contributed by atoms with Gasteiger partial charge >= 0.3 is 51.4 Å². The fourth-order valence-corrected chi connectivity index (χ4v) is 4.01. The number of aliphatic hydroxyl groups is 1. The van der Waals surface area contributed by atoms with E-state index in [1.165, 1.54) is 32.1 Å². The second kappa shape index (κ2) is 18.9. The first-order valence-corrected chi connectivity index (χ1v) is 11.5. The zero-order valence-corrected chi connectivity index (χ0v) is 20.8. The van der Waals surface area contributed by atoms with Crippen LogP contribution in [-0.4, -0.2) is 29.4 Å². The van der Waals surface area contributed by atoms with E-state index in [0.29, 0.717) is 12.8 Å². The molecule has 25 heavy (non-hydrogen) atoms. The fraction of sp³-hybridized carbons (Fsp3) is 1.00. The van der Waals surface area contributed by atoms with Crippen molar-refractivity contribution in [3.8, 4) is 0 Å². The van der Waals surface area contributed by atoms with Gasteiger partial charge in [-0.05, 0) is 26.2 Å². The Morgan fingerprint density at radius 3 is 1.48 bits per heavy atom. The third kappa shape index (κ3) is 20.1. The molecule has 0 radical (unpaired) electrons. The Bertz CT molecular complexity index is 372. The monoisotopic (exact) mass is 402 g/mol. The largest absolute Gasteiger partial charge is 1.00 e. The van der Waals surface area contributed by atoms with E-state index in [0.717, 1.165) is 51.4 Å². The predicted molar refractivity (Wildman–Crippen MR) is 100 cm³/mol. The summed E-state index contributed by atoms with van der Waals surface area (Å²) in [5, 5.41) is 8.48. The van der Waals surface area contributed by atoms with Crippen molar-refractivity contribution in [1.82, 2.24) is 0 Å². The van der Waals surface area contributed by atoms with Gasteiger partial charge in [-0.3, -0.25) is 0 Å². The molecule has 0 aliphatic carbocycles. The van der Waals surface area contributed by atoms with Gasteiger partial charge in [0.1, 0.15) is 0 Å². The Morgan fingerprint density at radius 2 is 1.12 bits per heavy atom. The van der Waals surface area contributed by atoms with E-state index in [1.807, 2.05) is 0 Å². The van der Waals surface area contributed by atoms with E-state index in [1.54, 1.807) is 6.92 Å². The van der Waals surface area contributed by atoms with Gasteiger partial charge in [-0.1, -0.05) is 84.0 Å². The van der Waals surface area contributed by atoms with Crippen LogP contribution in [0.1, 0.15) is 110 Å². The number of hydrogen-bond acceptors (Lipinski definition) is 4. The normalized spacial score (nSPS) is 14.1. The molecule has 4 nitrogen and oxygen atoms in total. The van der Waals surface area contributed by atoms with Gasteiger partial charge in [0.25, 0.3) is 0 Å². The molecule has 0 fully saturated rings. The van der Waals surface area contributed by atoms with Crippen molar-refractivity contribution in [3.63, 3.8) is 0 Å². The summed E-state index contributed by atoms with van der Waals surface area (Å²) in [5.41, 5.74) is 0. The van der Waals surface area contributed by atoms with Gasteiger partial charge in [0, 0.05) is 5.25 Å². The molecule has 0 aromatic heterocycles. The fourth-order valence-electron chi connectivity index (χ4n) is 3.10. The van der Waals surface area contributed by atoms with E-state index in [2.05, 4.69) is 6.92 Å². The number of hydrogen-bond donors (Lipinski definition) is 1. The molecule has 0 aromatic rings. The van der Waals surface area contributed by atoms with Gasteiger partial charge in [-0.15, -0.1) is 0 Å². The van der Waals surface area contributed by atoms with Gasteiger partial charge < -0.3 is 9.66 Å². The molecule has 0 bridgehead atoms.